The Bertz CT molecular complexity index is 729. The molecule has 0 radical (unpaired) electrons. The molecule has 2 aromatic carbocycles. The maximum absolute atomic E-state index is 12.4. The zero-order valence-corrected chi connectivity index (χ0v) is 14.4. The van der Waals surface area contributed by atoms with Crippen LogP contribution in [0.3, 0.4) is 0 Å². The molecule has 1 aliphatic heterocycles. The first-order valence-corrected chi connectivity index (χ1v) is 8.57. The van der Waals surface area contributed by atoms with Crippen LogP contribution in [0.25, 0.3) is 5.57 Å². The van der Waals surface area contributed by atoms with Crippen molar-refractivity contribution < 1.29 is 9.69 Å². The van der Waals surface area contributed by atoms with Crippen molar-refractivity contribution in [1.29, 1.82) is 0 Å². The van der Waals surface area contributed by atoms with Crippen LogP contribution < -0.4 is 10.2 Å². The minimum Gasteiger partial charge on any atom is -0.324 e. The summed E-state index contributed by atoms with van der Waals surface area (Å²) in [6, 6.07) is 16.6. The topological polar surface area (TPSA) is 33.5 Å². The Morgan fingerprint density at radius 3 is 2.38 bits per heavy atom. The molecule has 2 aromatic rings. The molecule has 1 unspecified atom stereocenters. The van der Waals surface area contributed by atoms with Gasteiger partial charge in [0.1, 0.15) is 0 Å². The molecular formula is C21H25N2O+. The summed E-state index contributed by atoms with van der Waals surface area (Å²) in [4.78, 5) is 13.7. The highest BCUT2D eigenvalue weighted by Crippen LogP contribution is 2.19. The van der Waals surface area contributed by atoms with Gasteiger partial charge >= 0.3 is 0 Å². The molecule has 24 heavy (non-hydrogen) atoms. The van der Waals surface area contributed by atoms with E-state index in [-0.39, 0.29) is 5.91 Å². The summed E-state index contributed by atoms with van der Waals surface area (Å²) in [6.45, 7) is 6.49. The SMILES string of the molecule is Cc1cccc(C)c1NC(=O)C[NH+]1CC=C(c2ccccc2)CC1. The fraction of sp³-hybridized carbons (Fsp3) is 0.286. The first-order chi connectivity index (χ1) is 11.6. The van der Waals surface area contributed by atoms with Gasteiger partial charge < -0.3 is 10.2 Å². The number of hydrogen-bond acceptors (Lipinski definition) is 1. The number of para-hydroxylation sites is 1. The van der Waals surface area contributed by atoms with Gasteiger partial charge in [-0.05, 0) is 42.2 Å². The van der Waals surface area contributed by atoms with Crippen molar-refractivity contribution in [1.82, 2.24) is 0 Å². The van der Waals surface area contributed by atoms with Crippen molar-refractivity contribution in [2.24, 2.45) is 0 Å². The molecule has 1 atom stereocenters. The lowest BCUT2D eigenvalue weighted by atomic mass is 9.99. The third-order valence-electron chi connectivity index (χ3n) is 4.69. The predicted molar refractivity (Wildman–Crippen MR) is 99.1 cm³/mol. The normalized spacial score (nSPS) is 17.2. The number of anilines is 1. The van der Waals surface area contributed by atoms with Crippen molar-refractivity contribution in [3.63, 3.8) is 0 Å². The number of carbonyl (C=O) groups is 1. The van der Waals surface area contributed by atoms with Crippen molar-refractivity contribution >= 4 is 17.2 Å². The van der Waals surface area contributed by atoms with Crippen LogP contribution >= 0.6 is 0 Å². The summed E-state index contributed by atoms with van der Waals surface area (Å²) in [5, 5.41) is 3.09. The Labute approximate surface area is 144 Å². The molecule has 0 aliphatic carbocycles. The van der Waals surface area contributed by atoms with Crippen molar-refractivity contribution in [3.8, 4) is 0 Å². The van der Waals surface area contributed by atoms with Crippen LogP contribution in [0.2, 0.25) is 0 Å². The molecule has 3 heteroatoms. The highest BCUT2D eigenvalue weighted by atomic mass is 16.2. The average Bonchev–Trinajstić information content (AvgIpc) is 2.60. The maximum atomic E-state index is 12.4. The fourth-order valence-electron chi connectivity index (χ4n) is 3.28. The van der Waals surface area contributed by atoms with Gasteiger partial charge in [-0.25, -0.2) is 0 Å². The molecule has 0 saturated heterocycles. The van der Waals surface area contributed by atoms with Crippen molar-refractivity contribution in [2.45, 2.75) is 20.3 Å². The maximum Gasteiger partial charge on any atom is 0.279 e. The van der Waals surface area contributed by atoms with Gasteiger partial charge in [-0.2, -0.15) is 0 Å². The minimum absolute atomic E-state index is 0.0963. The first kappa shape index (κ1) is 16.5. The third kappa shape index (κ3) is 3.92. The summed E-state index contributed by atoms with van der Waals surface area (Å²) in [5.74, 6) is 0.0963. The highest BCUT2D eigenvalue weighted by molar-refractivity contribution is 5.93. The van der Waals surface area contributed by atoms with Crippen LogP contribution in [-0.4, -0.2) is 25.5 Å². The van der Waals surface area contributed by atoms with Gasteiger partial charge in [0, 0.05) is 12.1 Å². The summed E-state index contributed by atoms with van der Waals surface area (Å²) in [7, 11) is 0. The van der Waals surface area contributed by atoms with Crippen LogP contribution in [0, 0.1) is 13.8 Å². The number of nitrogens with one attached hydrogen (secondary N) is 2. The molecule has 124 valence electrons. The van der Waals surface area contributed by atoms with E-state index in [9.17, 15) is 4.79 Å². The number of amides is 1. The van der Waals surface area contributed by atoms with Crippen molar-refractivity contribution in [3.05, 3.63) is 71.3 Å². The number of rotatable bonds is 4. The average molecular weight is 321 g/mol. The van der Waals surface area contributed by atoms with Gasteiger partial charge in [0.2, 0.25) is 0 Å². The lowest BCUT2D eigenvalue weighted by Crippen LogP contribution is -3.13. The fourth-order valence-corrected chi connectivity index (χ4v) is 3.28. The molecule has 3 nitrogen and oxygen atoms in total. The van der Waals surface area contributed by atoms with Gasteiger partial charge in [-0.15, -0.1) is 0 Å². The standard InChI is InChI=1S/C21H24N2O/c1-16-7-6-8-17(2)21(16)22-20(24)15-23-13-11-19(12-14-23)18-9-4-3-5-10-18/h3-11H,12-15H2,1-2H3,(H,22,24)/p+1. The predicted octanol–water partition coefficient (Wildman–Crippen LogP) is 2.61. The zero-order valence-electron chi connectivity index (χ0n) is 14.4. The molecule has 0 fully saturated rings. The minimum atomic E-state index is 0.0963. The molecule has 1 aliphatic rings. The van der Waals surface area contributed by atoms with E-state index in [1.54, 1.807) is 0 Å². The quantitative estimate of drug-likeness (QED) is 0.892. The molecule has 0 aromatic heterocycles. The zero-order chi connectivity index (χ0) is 16.9. The smallest absolute Gasteiger partial charge is 0.279 e. The Kier molecular flexibility index (Phi) is 5.11. The van der Waals surface area contributed by atoms with Gasteiger partial charge in [-0.3, -0.25) is 4.79 Å². The molecule has 0 bridgehead atoms. The molecule has 1 amide bonds. The molecule has 0 saturated carbocycles. The van der Waals surface area contributed by atoms with Crippen LogP contribution in [0.5, 0.6) is 0 Å². The molecular weight excluding hydrogens is 296 g/mol. The van der Waals surface area contributed by atoms with Gasteiger partial charge in [0.05, 0.1) is 13.1 Å². The van der Waals surface area contributed by atoms with E-state index in [2.05, 4.69) is 35.7 Å². The Hall–Kier alpha value is -2.39. The lowest BCUT2D eigenvalue weighted by Gasteiger charge is -2.23. The van der Waals surface area contributed by atoms with E-state index >= 15 is 0 Å². The van der Waals surface area contributed by atoms with E-state index in [1.165, 1.54) is 16.0 Å². The molecule has 2 N–H and O–H groups in total. The Morgan fingerprint density at radius 2 is 1.75 bits per heavy atom. The van der Waals surface area contributed by atoms with Crippen LogP contribution in [-0.2, 0) is 4.79 Å². The second-order valence-electron chi connectivity index (χ2n) is 6.54. The summed E-state index contributed by atoms with van der Waals surface area (Å²) < 4.78 is 0. The van der Waals surface area contributed by atoms with Crippen molar-refractivity contribution in [2.75, 3.05) is 25.0 Å². The number of hydrogen-bond donors (Lipinski definition) is 2. The van der Waals surface area contributed by atoms with Crippen LogP contribution in [0.15, 0.2) is 54.6 Å². The van der Waals surface area contributed by atoms with E-state index in [4.69, 9.17) is 0 Å². The number of carbonyl (C=O) groups excluding carboxylic acids is 1. The Balaban J connectivity index is 1.58. The summed E-state index contributed by atoms with van der Waals surface area (Å²) in [6.07, 6.45) is 3.30. The second kappa shape index (κ2) is 7.45. The van der Waals surface area contributed by atoms with Crippen LogP contribution in [0.1, 0.15) is 23.1 Å². The number of quaternary nitrogens is 1. The van der Waals surface area contributed by atoms with E-state index < -0.39 is 0 Å². The van der Waals surface area contributed by atoms with Gasteiger partial charge in [0.15, 0.2) is 6.54 Å². The lowest BCUT2D eigenvalue weighted by molar-refractivity contribution is -0.886. The van der Waals surface area contributed by atoms with Gasteiger partial charge in [-0.1, -0.05) is 48.5 Å². The molecule has 1 heterocycles. The number of benzene rings is 2. The second-order valence-corrected chi connectivity index (χ2v) is 6.54. The molecule has 0 spiro atoms. The van der Waals surface area contributed by atoms with Crippen LogP contribution in [0.4, 0.5) is 5.69 Å². The first-order valence-electron chi connectivity index (χ1n) is 8.57. The van der Waals surface area contributed by atoms with E-state index in [0.29, 0.717) is 6.54 Å². The monoisotopic (exact) mass is 321 g/mol. The highest BCUT2D eigenvalue weighted by Gasteiger charge is 2.19. The third-order valence-corrected chi connectivity index (χ3v) is 4.69. The number of aryl methyl sites for hydroxylation is 2. The van der Waals surface area contributed by atoms with Gasteiger partial charge in [0.25, 0.3) is 5.91 Å². The van der Waals surface area contributed by atoms with E-state index in [1.807, 2.05) is 38.1 Å². The molecule has 3 rings (SSSR count). The summed E-state index contributed by atoms with van der Waals surface area (Å²) >= 11 is 0. The largest absolute Gasteiger partial charge is 0.324 e. The van der Waals surface area contributed by atoms with E-state index in [0.717, 1.165) is 36.3 Å². The summed E-state index contributed by atoms with van der Waals surface area (Å²) in [5.41, 5.74) is 5.89. The Morgan fingerprint density at radius 1 is 1.04 bits per heavy atom.